The first-order valence-corrected chi connectivity index (χ1v) is 5.03. The lowest BCUT2D eigenvalue weighted by Gasteiger charge is -1.95. The van der Waals surface area contributed by atoms with Gasteiger partial charge in [-0.2, -0.15) is 11.3 Å². The van der Waals surface area contributed by atoms with Gasteiger partial charge in [-0.15, -0.1) is 0 Å². The van der Waals surface area contributed by atoms with E-state index in [-0.39, 0.29) is 0 Å². The molecule has 0 bridgehead atoms. The highest BCUT2D eigenvalue weighted by Crippen LogP contribution is 2.38. The lowest BCUT2D eigenvalue weighted by atomic mass is 10.1. The first kappa shape index (κ1) is 6.44. The Kier molecular flexibility index (Phi) is 1.18. The van der Waals surface area contributed by atoms with Crippen LogP contribution in [0.2, 0.25) is 0 Å². The summed E-state index contributed by atoms with van der Waals surface area (Å²) in [4.78, 5) is 0. The van der Waals surface area contributed by atoms with Crippen LogP contribution in [0.5, 0.6) is 0 Å². The highest BCUT2D eigenvalue weighted by Gasteiger charge is 2.17. The van der Waals surface area contributed by atoms with Crippen molar-refractivity contribution in [2.75, 3.05) is 0 Å². The van der Waals surface area contributed by atoms with Gasteiger partial charge in [0, 0.05) is 0 Å². The summed E-state index contributed by atoms with van der Waals surface area (Å²) in [6.45, 7) is 0. The lowest BCUT2D eigenvalue weighted by molar-refractivity contribution is 1.28. The van der Waals surface area contributed by atoms with Crippen molar-refractivity contribution in [3.63, 3.8) is 0 Å². The molecule has 12 heavy (non-hydrogen) atoms. The topological polar surface area (TPSA) is 0 Å². The lowest BCUT2D eigenvalue weighted by Crippen LogP contribution is -1.76. The van der Waals surface area contributed by atoms with Gasteiger partial charge < -0.3 is 0 Å². The first-order valence-electron chi connectivity index (χ1n) is 4.08. The van der Waals surface area contributed by atoms with Crippen LogP contribution in [0.1, 0.15) is 11.1 Å². The second-order valence-electron chi connectivity index (χ2n) is 3.14. The van der Waals surface area contributed by atoms with E-state index in [4.69, 9.17) is 0 Å². The van der Waals surface area contributed by atoms with Gasteiger partial charge in [0.2, 0.25) is 0 Å². The fourth-order valence-electron chi connectivity index (χ4n) is 1.84. The summed E-state index contributed by atoms with van der Waals surface area (Å²) in [6, 6.07) is 8.67. The van der Waals surface area contributed by atoms with Crippen molar-refractivity contribution in [1.29, 1.82) is 0 Å². The van der Waals surface area contributed by atoms with Gasteiger partial charge in [-0.3, -0.25) is 0 Å². The molecule has 1 aromatic carbocycles. The molecule has 0 N–H and O–H groups in total. The van der Waals surface area contributed by atoms with Crippen LogP contribution in [0.15, 0.2) is 35.0 Å². The highest BCUT2D eigenvalue weighted by molar-refractivity contribution is 7.08. The number of benzene rings is 1. The van der Waals surface area contributed by atoms with E-state index < -0.39 is 0 Å². The summed E-state index contributed by atoms with van der Waals surface area (Å²) < 4.78 is 0. The van der Waals surface area contributed by atoms with E-state index in [1.807, 2.05) is 0 Å². The Morgan fingerprint density at radius 2 is 1.83 bits per heavy atom. The molecule has 1 aliphatic carbocycles. The van der Waals surface area contributed by atoms with Crippen LogP contribution in [-0.4, -0.2) is 0 Å². The van der Waals surface area contributed by atoms with Crippen molar-refractivity contribution in [3.05, 3.63) is 46.2 Å². The molecule has 1 aliphatic rings. The van der Waals surface area contributed by atoms with Crippen LogP contribution in [0.25, 0.3) is 11.1 Å². The fraction of sp³-hybridized carbons (Fsp3) is 0.0909. The summed E-state index contributed by atoms with van der Waals surface area (Å²) >= 11 is 1.81. The zero-order valence-electron chi connectivity index (χ0n) is 6.58. The number of rotatable bonds is 0. The van der Waals surface area contributed by atoms with E-state index in [1.54, 1.807) is 11.3 Å². The molecule has 0 aliphatic heterocycles. The van der Waals surface area contributed by atoms with Gasteiger partial charge in [0.15, 0.2) is 0 Å². The fourth-order valence-corrected chi connectivity index (χ4v) is 2.70. The van der Waals surface area contributed by atoms with Gasteiger partial charge in [-0.1, -0.05) is 24.3 Å². The van der Waals surface area contributed by atoms with E-state index in [1.165, 1.54) is 22.3 Å². The van der Waals surface area contributed by atoms with E-state index in [0.717, 1.165) is 6.42 Å². The average Bonchev–Trinajstić information content (AvgIpc) is 2.62. The molecule has 0 unspecified atom stereocenters. The van der Waals surface area contributed by atoms with Gasteiger partial charge in [-0.05, 0) is 39.4 Å². The van der Waals surface area contributed by atoms with Gasteiger partial charge in [0.05, 0.1) is 0 Å². The number of thiophene rings is 1. The predicted molar refractivity (Wildman–Crippen MR) is 52.6 cm³/mol. The maximum Gasteiger partial charge on any atom is -0.000519 e. The molecule has 0 atom stereocenters. The molecule has 0 saturated heterocycles. The third-order valence-corrected chi connectivity index (χ3v) is 3.22. The summed E-state index contributed by atoms with van der Waals surface area (Å²) in [6.07, 6.45) is 1.13. The molecule has 1 heteroatoms. The molecule has 0 spiro atoms. The van der Waals surface area contributed by atoms with Gasteiger partial charge in [0.25, 0.3) is 0 Å². The highest BCUT2D eigenvalue weighted by atomic mass is 32.1. The van der Waals surface area contributed by atoms with Crippen molar-refractivity contribution >= 4 is 11.3 Å². The maximum absolute atomic E-state index is 2.26. The Labute approximate surface area is 75.5 Å². The minimum absolute atomic E-state index is 1.13. The van der Waals surface area contributed by atoms with Crippen LogP contribution < -0.4 is 0 Å². The largest absolute Gasteiger partial charge is 0.151 e. The molecule has 0 nitrogen and oxygen atoms in total. The number of hydrogen-bond donors (Lipinski definition) is 0. The smallest absolute Gasteiger partial charge is 0.000519 e. The Hall–Kier alpha value is -1.08. The van der Waals surface area contributed by atoms with Crippen molar-refractivity contribution in [1.82, 2.24) is 0 Å². The summed E-state index contributed by atoms with van der Waals surface area (Å²) in [5, 5.41) is 4.51. The molecule has 2 aromatic rings. The third kappa shape index (κ3) is 0.718. The van der Waals surface area contributed by atoms with Crippen molar-refractivity contribution < 1.29 is 0 Å². The first-order chi connectivity index (χ1) is 5.95. The standard InChI is InChI=1S/C11H8S/c1-2-4-10-8(3-1)5-9-6-12-7-11(9)10/h1-4,6-7H,5H2. The molecule has 0 fully saturated rings. The molecule has 0 amide bonds. The van der Waals surface area contributed by atoms with Crippen LogP contribution in [-0.2, 0) is 6.42 Å². The van der Waals surface area contributed by atoms with E-state index in [9.17, 15) is 0 Å². The van der Waals surface area contributed by atoms with Crippen LogP contribution >= 0.6 is 11.3 Å². The molecule has 0 radical (unpaired) electrons. The molecule has 1 heterocycles. The van der Waals surface area contributed by atoms with Gasteiger partial charge >= 0.3 is 0 Å². The molecule has 0 saturated carbocycles. The second-order valence-corrected chi connectivity index (χ2v) is 3.89. The predicted octanol–water partition coefficient (Wildman–Crippen LogP) is 3.32. The minimum Gasteiger partial charge on any atom is -0.151 e. The third-order valence-electron chi connectivity index (χ3n) is 2.43. The Morgan fingerprint density at radius 1 is 0.917 bits per heavy atom. The number of fused-ring (bicyclic) bond motifs is 3. The average molecular weight is 172 g/mol. The van der Waals surface area contributed by atoms with E-state index in [0.29, 0.717) is 0 Å². The van der Waals surface area contributed by atoms with E-state index >= 15 is 0 Å². The van der Waals surface area contributed by atoms with Crippen LogP contribution in [0, 0.1) is 0 Å². The molecular formula is C11H8S. The summed E-state index contributed by atoms with van der Waals surface area (Å²) in [5.74, 6) is 0. The quantitative estimate of drug-likeness (QED) is 0.488. The minimum atomic E-state index is 1.13. The molecule has 1 aromatic heterocycles. The number of hydrogen-bond acceptors (Lipinski definition) is 1. The zero-order valence-corrected chi connectivity index (χ0v) is 7.40. The van der Waals surface area contributed by atoms with Crippen molar-refractivity contribution in [2.45, 2.75) is 6.42 Å². The SMILES string of the molecule is c1ccc2c(c1)Cc1cscc1-2. The van der Waals surface area contributed by atoms with Gasteiger partial charge in [0.1, 0.15) is 0 Å². The second kappa shape index (κ2) is 2.20. The zero-order chi connectivity index (χ0) is 7.97. The summed E-state index contributed by atoms with van der Waals surface area (Å²) in [5.41, 5.74) is 5.88. The Balaban J connectivity index is 2.34. The monoisotopic (exact) mass is 172 g/mol. The van der Waals surface area contributed by atoms with Gasteiger partial charge in [-0.25, -0.2) is 0 Å². The Bertz CT molecular complexity index is 426. The van der Waals surface area contributed by atoms with Crippen molar-refractivity contribution in [2.24, 2.45) is 0 Å². The summed E-state index contributed by atoms with van der Waals surface area (Å²) in [7, 11) is 0. The van der Waals surface area contributed by atoms with Crippen LogP contribution in [0.4, 0.5) is 0 Å². The molecule has 3 rings (SSSR count). The molecular weight excluding hydrogens is 164 g/mol. The van der Waals surface area contributed by atoms with Crippen LogP contribution in [0.3, 0.4) is 0 Å². The van der Waals surface area contributed by atoms with E-state index in [2.05, 4.69) is 35.0 Å². The Morgan fingerprint density at radius 3 is 2.83 bits per heavy atom. The molecule has 58 valence electrons. The normalized spacial score (nSPS) is 12.7. The van der Waals surface area contributed by atoms with Crippen molar-refractivity contribution in [3.8, 4) is 11.1 Å². The maximum atomic E-state index is 2.26.